The molecule has 2 heterocycles. The van der Waals surface area contributed by atoms with Gasteiger partial charge in [0.1, 0.15) is 17.3 Å². The van der Waals surface area contributed by atoms with Crippen LogP contribution in [0.5, 0.6) is 0 Å². The SMILES string of the molecule is CCN1CCCC1CNc1cc(Cl)ncn1. The van der Waals surface area contributed by atoms with Crippen molar-refractivity contribution in [3.8, 4) is 0 Å². The maximum atomic E-state index is 5.79. The molecule has 0 spiro atoms. The molecule has 1 N–H and O–H groups in total. The summed E-state index contributed by atoms with van der Waals surface area (Å²) in [5.74, 6) is 0.808. The van der Waals surface area contributed by atoms with Gasteiger partial charge >= 0.3 is 0 Å². The molecule has 4 nitrogen and oxygen atoms in total. The van der Waals surface area contributed by atoms with Gasteiger partial charge in [-0.15, -0.1) is 0 Å². The van der Waals surface area contributed by atoms with Crippen LogP contribution >= 0.6 is 11.6 Å². The van der Waals surface area contributed by atoms with E-state index in [4.69, 9.17) is 11.6 Å². The Kier molecular flexibility index (Phi) is 3.96. The molecule has 16 heavy (non-hydrogen) atoms. The molecule has 5 heteroatoms. The highest BCUT2D eigenvalue weighted by Crippen LogP contribution is 2.17. The van der Waals surface area contributed by atoms with Crippen molar-refractivity contribution in [1.29, 1.82) is 0 Å². The molecule has 1 unspecified atom stereocenters. The molecule has 88 valence electrons. The average molecular weight is 241 g/mol. The average Bonchev–Trinajstić information content (AvgIpc) is 2.74. The number of hydrogen-bond acceptors (Lipinski definition) is 4. The summed E-state index contributed by atoms with van der Waals surface area (Å²) in [6.45, 7) is 5.48. The van der Waals surface area contributed by atoms with E-state index in [1.807, 2.05) is 0 Å². The highest BCUT2D eigenvalue weighted by molar-refractivity contribution is 6.29. The van der Waals surface area contributed by atoms with Crippen molar-refractivity contribution in [1.82, 2.24) is 14.9 Å². The number of nitrogens with one attached hydrogen (secondary N) is 1. The number of anilines is 1. The molecule has 1 fully saturated rings. The lowest BCUT2D eigenvalue weighted by molar-refractivity contribution is 0.277. The molecule has 1 saturated heterocycles. The van der Waals surface area contributed by atoms with Crippen molar-refractivity contribution in [3.63, 3.8) is 0 Å². The molecule has 0 aliphatic carbocycles. The molecule has 1 atom stereocenters. The van der Waals surface area contributed by atoms with Gasteiger partial charge in [0.05, 0.1) is 0 Å². The Bertz CT molecular complexity index is 345. The van der Waals surface area contributed by atoms with Crippen molar-refractivity contribution in [2.45, 2.75) is 25.8 Å². The third-order valence-corrected chi connectivity index (χ3v) is 3.26. The number of nitrogens with zero attached hydrogens (tertiary/aromatic N) is 3. The van der Waals surface area contributed by atoms with Crippen molar-refractivity contribution in [2.75, 3.05) is 25.0 Å². The maximum Gasteiger partial charge on any atom is 0.134 e. The predicted octanol–water partition coefficient (Wildman–Crippen LogP) is 2.03. The quantitative estimate of drug-likeness (QED) is 0.818. The second-order valence-electron chi connectivity index (χ2n) is 4.03. The second-order valence-corrected chi connectivity index (χ2v) is 4.42. The van der Waals surface area contributed by atoms with Gasteiger partial charge in [0.2, 0.25) is 0 Å². The Labute approximate surface area is 101 Å². The Balaban J connectivity index is 1.87. The van der Waals surface area contributed by atoms with Crippen LogP contribution in [0, 0.1) is 0 Å². The highest BCUT2D eigenvalue weighted by atomic mass is 35.5. The smallest absolute Gasteiger partial charge is 0.134 e. The molecular weight excluding hydrogens is 224 g/mol. The summed E-state index contributed by atoms with van der Waals surface area (Å²) in [5, 5.41) is 3.80. The minimum Gasteiger partial charge on any atom is -0.368 e. The molecule has 1 aliphatic rings. The van der Waals surface area contributed by atoms with Crippen molar-refractivity contribution in [3.05, 3.63) is 17.5 Å². The van der Waals surface area contributed by atoms with E-state index in [9.17, 15) is 0 Å². The molecule has 0 aromatic carbocycles. The molecule has 0 radical (unpaired) electrons. The fourth-order valence-corrected chi connectivity index (χ4v) is 2.34. The van der Waals surface area contributed by atoms with E-state index in [1.54, 1.807) is 6.07 Å². The van der Waals surface area contributed by atoms with E-state index >= 15 is 0 Å². The largest absolute Gasteiger partial charge is 0.368 e. The summed E-state index contributed by atoms with van der Waals surface area (Å²) < 4.78 is 0. The molecule has 1 aromatic rings. The van der Waals surface area contributed by atoms with Gasteiger partial charge in [-0.2, -0.15) is 0 Å². The molecule has 1 aliphatic heterocycles. The summed E-state index contributed by atoms with van der Waals surface area (Å²) in [7, 11) is 0. The highest BCUT2D eigenvalue weighted by Gasteiger charge is 2.22. The molecule has 0 bridgehead atoms. The fourth-order valence-electron chi connectivity index (χ4n) is 2.20. The van der Waals surface area contributed by atoms with E-state index in [-0.39, 0.29) is 0 Å². The van der Waals surface area contributed by atoms with Crippen LogP contribution in [0.15, 0.2) is 12.4 Å². The summed E-state index contributed by atoms with van der Waals surface area (Å²) in [4.78, 5) is 10.5. The fraction of sp³-hybridized carbons (Fsp3) is 0.636. The van der Waals surface area contributed by atoms with Gasteiger partial charge in [0.25, 0.3) is 0 Å². The minimum atomic E-state index is 0.483. The Morgan fingerprint density at radius 1 is 1.56 bits per heavy atom. The summed E-state index contributed by atoms with van der Waals surface area (Å²) in [6.07, 6.45) is 4.04. The lowest BCUT2D eigenvalue weighted by Gasteiger charge is -2.23. The van der Waals surface area contributed by atoms with Gasteiger partial charge in [0, 0.05) is 18.7 Å². The molecule has 1 aromatic heterocycles. The number of aromatic nitrogens is 2. The first-order valence-corrected chi connectivity index (χ1v) is 6.13. The van der Waals surface area contributed by atoms with Gasteiger partial charge in [-0.05, 0) is 25.9 Å². The van der Waals surface area contributed by atoms with Crippen LogP contribution in [0.1, 0.15) is 19.8 Å². The molecular formula is C11H17ClN4. The number of rotatable bonds is 4. The number of halogens is 1. The van der Waals surface area contributed by atoms with E-state index in [0.717, 1.165) is 18.9 Å². The Morgan fingerprint density at radius 2 is 2.44 bits per heavy atom. The van der Waals surface area contributed by atoms with Crippen LogP contribution in [-0.4, -0.2) is 40.5 Å². The number of likely N-dealkylation sites (tertiary alicyclic amines) is 1. The monoisotopic (exact) mass is 240 g/mol. The van der Waals surface area contributed by atoms with Crippen LogP contribution in [0.25, 0.3) is 0 Å². The second kappa shape index (κ2) is 5.46. The minimum absolute atomic E-state index is 0.483. The number of likely N-dealkylation sites (N-methyl/N-ethyl adjacent to an activating group) is 1. The normalized spacial score (nSPS) is 21.2. The third-order valence-electron chi connectivity index (χ3n) is 3.06. The first-order valence-electron chi connectivity index (χ1n) is 5.75. The van der Waals surface area contributed by atoms with Gasteiger partial charge < -0.3 is 5.32 Å². The molecule has 0 saturated carbocycles. The summed E-state index contributed by atoms with van der Waals surface area (Å²) in [5.41, 5.74) is 0. The topological polar surface area (TPSA) is 41.0 Å². The zero-order valence-electron chi connectivity index (χ0n) is 9.49. The lowest BCUT2D eigenvalue weighted by atomic mass is 10.2. The van der Waals surface area contributed by atoms with E-state index in [1.165, 1.54) is 25.7 Å². The summed E-state index contributed by atoms with van der Waals surface area (Å²) >= 11 is 5.79. The van der Waals surface area contributed by atoms with E-state index < -0.39 is 0 Å². The standard InChI is InChI=1S/C11H17ClN4/c1-2-16-5-3-4-9(16)7-13-11-6-10(12)14-8-15-11/h6,8-9H,2-5,7H2,1H3,(H,13,14,15). The van der Waals surface area contributed by atoms with E-state index in [2.05, 4.69) is 27.1 Å². The van der Waals surface area contributed by atoms with Crippen molar-refractivity contribution >= 4 is 17.4 Å². The van der Waals surface area contributed by atoms with Crippen LogP contribution in [0.4, 0.5) is 5.82 Å². The van der Waals surface area contributed by atoms with Gasteiger partial charge in [-0.25, -0.2) is 9.97 Å². The zero-order chi connectivity index (χ0) is 11.4. The molecule has 2 rings (SSSR count). The van der Waals surface area contributed by atoms with Crippen LogP contribution in [-0.2, 0) is 0 Å². The van der Waals surface area contributed by atoms with Crippen LogP contribution in [0.3, 0.4) is 0 Å². The molecule has 0 amide bonds. The summed E-state index contributed by atoms with van der Waals surface area (Å²) in [6, 6.07) is 2.38. The lowest BCUT2D eigenvalue weighted by Crippen LogP contribution is -2.34. The van der Waals surface area contributed by atoms with Gasteiger partial charge in [-0.1, -0.05) is 18.5 Å². The maximum absolute atomic E-state index is 5.79. The van der Waals surface area contributed by atoms with Crippen LogP contribution in [0.2, 0.25) is 5.15 Å². The first kappa shape index (κ1) is 11.6. The van der Waals surface area contributed by atoms with Gasteiger partial charge in [-0.3, -0.25) is 4.90 Å². The number of hydrogen-bond donors (Lipinski definition) is 1. The van der Waals surface area contributed by atoms with Crippen molar-refractivity contribution < 1.29 is 0 Å². The first-order chi connectivity index (χ1) is 7.79. The Morgan fingerprint density at radius 3 is 3.19 bits per heavy atom. The predicted molar refractivity (Wildman–Crippen MR) is 65.8 cm³/mol. The van der Waals surface area contributed by atoms with Crippen molar-refractivity contribution in [2.24, 2.45) is 0 Å². The van der Waals surface area contributed by atoms with Crippen LogP contribution < -0.4 is 5.32 Å². The Hall–Kier alpha value is -0.870. The van der Waals surface area contributed by atoms with E-state index in [0.29, 0.717) is 11.2 Å². The zero-order valence-corrected chi connectivity index (χ0v) is 10.2. The van der Waals surface area contributed by atoms with Gasteiger partial charge in [0.15, 0.2) is 0 Å². The third kappa shape index (κ3) is 2.83.